The van der Waals surface area contributed by atoms with Crippen molar-refractivity contribution in [2.24, 2.45) is 0 Å². The maximum atomic E-state index is 11.5. The van der Waals surface area contributed by atoms with Crippen molar-refractivity contribution in [2.45, 2.75) is 65.2 Å². The number of nitrogens with one attached hydrogen (secondary N) is 5. The minimum absolute atomic E-state index is 0.0771. The van der Waals surface area contributed by atoms with Gasteiger partial charge < -0.3 is 58.5 Å². The van der Waals surface area contributed by atoms with Crippen LogP contribution in [0.2, 0.25) is 0 Å². The molecule has 0 bridgehead atoms. The van der Waals surface area contributed by atoms with Crippen LogP contribution in [-0.2, 0) is 14.3 Å². The molecule has 0 aliphatic rings. The number of para-hydroxylation sites is 1. The van der Waals surface area contributed by atoms with Crippen molar-refractivity contribution >= 4 is 86.8 Å². The first-order chi connectivity index (χ1) is 36.6. The highest BCUT2D eigenvalue weighted by atomic mass is 16.6. The lowest BCUT2D eigenvalue weighted by atomic mass is 10.2. The van der Waals surface area contributed by atoms with Crippen molar-refractivity contribution in [3.05, 3.63) is 188 Å². The van der Waals surface area contributed by atoms with Crippen LogP contribution in [0.3, 0.4) is 0 Å². The van der Waals surface area contributed by atoms with E-state index in [1.165, 1.54) is 25.2 Å². The van der Waals surface area contributed by atoms with E-state index in [-0.39, 0.29) is 23.5 Å². The summed E-state index contributed by atoms with van der Waals surface area (Å²) in [5.41, 5.74) is 34.5. The van der Waals surface area contributed by atoms with Crippen LogP contribution in [-0.4, -0.2) is 36.5 Å². The monoisotopic (exact) mass is 1030 g/mol. The number of furan rings is 1. The van der Waals surface area contributed by atoms with Crippen molar-refractivity contribution in [1.29, 1.82) is 0 Å². The maximum Gasteiger partial charge on any atom is 0.417 e. The number of unbranched alkanes of at least 4 members (excludes halogenated alkanes) is 5. The number of carbonyl (C=O) groups excluding carboxylic acids is 5. The van der Waals surface area contributed by atoms with Gasteiger partial charge >= 0.3 is 12.2 Å². The molecule has 0 spiro atoms. The Hall–Kier alpha value is -9.71. The zero-order valence-corrected chi connectivity index (χ0v) is 43.0. The molecule has 76 heavy (non-hydrogen) atoms. The lowest BCUT2D eigenvalue weighted by Crippen LogP contribution is -2.16. The Morgan fingerprint density at radius 3 is 1.33 bits per heavy atom. The molecule has 7 aromatic rings. The second-order valence-corrected chi connectivity index (χ2v) is 16.4. The summed E-state index contributed by atoms with van der Waals surface area (Å²) >= 11 is 0. The van der Waals surface area contributed by atoms with Crippen LogP contribution in [0.25, 0.3) is 0 Å². The fraction of sp³-hybridized carbons (Fsp3) is 0.190. The molecule has 0 aliphatic heterocycles. The molecular weight excluding hydrogens is 965 g/mol. The molecule has 15 N–H and O–H groups in total. The molecule has 0 fully saturated rings. The van der Waals surface area contributed by atoms with Crippen LogP contribution in [0, 0.1) is 0 Å². The predicted octanol–water partition coefficient (Wildman–Crippen LogP) is 12.6. The molecule has 0 radical (unpaired) electrons. The number of rotatable bonds is 17. The number of anilines is 10. The van der Waals surface area contributed by atoms with Gasteiger partial charge in [0, 0.05) is 63.3 Å². The molecule has 0 aliphatic carbocycles. The fourth-order valence-corrected chi connectivity index (χ4v) is 5.97. The highest BCUT2D eigenvalue weighted by Gasteiger charge is 2.09. The van der Waals surface area contributed by atoms with Crippen molar-refractivity contribution in [1.82, 2.24) is 0 Å². The smallest absolute Gasteiger partial charge is 0.417 e. The van der Waals surface area contributed by atoms with Crippen molar-refractivity contribution in [2.75, 3.05) is 61.9 Å². The van der Waals surface area contributed by atoms with E-state index in [9.17, 15) is 24.0 Å². The molecular formula is C58H70N10O8. The van der Waals surface area contributed by atoms with Crippen molar-refractivity contribution in [3.8, 4) is 5.75 Å². The maximum absolute atomic E-state index is 11.5. The Kier molecular flexibility index (Phi) is 28.2. The van der Waals surface area contributed by atoms with Crippen LogP contribution in [0.4, 0.5) is 66.5 Å². The standard InChI is InChI=1S/C13H12N2O2.C13H20N2O2.C12H18N2O.C11H10N2O2.C9H10N2O/c14-10-6-8-11(9-7-10)15-13(16)17-12-4-2-1-3-5-12;1-2-3-4-5-10-17-13(16)15-12-8-6-11(14)7-9-12;1-2-3-4-5-12(15)14-11-8-6-10(13)7-9-11;12-8-3-5-9(6-4-8)13-11(14)10-2-1-7-15-10;1-2-9(12)11-8-5-3-7(10)4-6-8/h1-9H,14H2,(H,15,16);6-9H,2-5,10,14H2,1H3,(H,15,16);6-9H,2-5,13H2,1H3,(H,14,15);1-7H,12H2,(H,13,14);2-6H,1,10H2,(H,11,12). The molecule has 0 atom stereocenters. The first-order valence-corrected chi connectivity index (χ1v) is 24.5. The highest BCUT2D eigenvalue weighted by molar-refractivity contribution is 6.02. The Morgan fingerprint density at radius 2 is 0.895 bits per heavy atom. The summed E-state index contributed by atoms with van der Waals surface area (Å²) in [6.45, 7) is 8.08. The van der Waals surface area contributed by atoms with E-state index in [0.717, 1.165) is 37.8 Å². The molecule has 1 heterocycles. The summed E-state index contributed by atoms with van der Waals surface area (Å²) in [6, 6.07) is 46.9. The fourth-order valence-electron chi connectivity index (χ4n) is 5.97. The Bertz CT molecular complexity index is 2760. The average molecular weight is 1040 g/mol. The van der Waals surface area contributed by atoms with Crippen LogP contribution >= 0.6 is 0 Å². The van der Waals surface area contributed by atoms with Crippen molar-refractivity contribution in [3.63, 3.8) is 0 Å². The normalized spacial score (nSPS) is 9.71. The van der Waals surface area contributed by atoms with Crippen LogP contribution in [0.1, 0.15) is 75.8 Å². The predicted molar refractivity (Wildman–Crippen MR) is 308 cm³/mol. The topological polar surface area (TPSA) is 307 Å². The van der Waals surface area contributed by atoms with E-state index < -0.39 is 12.2 Å². The van der Waals surface area contributed by atoms with E-state index in [0.29, 0.717) is 70.0 Å². The number of nitrogens with two attached hydrogens (primary N) is 5. The van der Waals surface area contributed by atoms with Gasteiger partial charge in [0.2, 0.25) is 11.8 Å². The number of benzene rings is 6. The third-order valence-corrected chi connectivity index (χ3v) is 9.98. The van der Waals surface area contributed by atoms with E-state index in [4.69, 9.17) is 42.6 Å². The number of nitrogen functional groups attached to an aromatic ring is 5. The van der Waals surface area contributed by atoms with Crippen LogP contribution in [0.5, 0.6) is 5.75 Å². The number of hydrogen-bond donors (Lipinski definition) is 10. The second kappa shape index (κ2) is 35.4. The lowest BCUT2D eigenvalue weighted by molar-refractivity contribution is -0.116. The molecule has 7 rings (SSSR count). The summed E-state index contributed by atoms with van der Waals surface area (Å²) in [5, 5.41) is 13.4. The Labute approximate surface area is 444 Å². The molecule has 0 saturated carbocycles. The second-order valence-electron chi connectivity index (χ2n) is 16.4. The van der Waals surface area contributed by atoms with Gasteiger partial charge in [0.05, 0.1) is 12.9 Å². The SMILES string of the molecule is C=CC(=O)Nc1ccc(N)cc1.CCCCCC(=O)Nc1ccc(N)cc1.CCCCCCOC(=O)Nc1ccc(N)cc1.Nc1ccc(NC(=O)Oc2ccccc2)cc1.Nc1ccc(NC(=O)c2ccco2)cc1. The zero-order chi connectivity index (χ0) is 55.3. The summed E-state index contributed by atoms with van der Waals surface area (Å²) in [6.07, 6.45) is 9.91. The van der Waals surface area contributed by atoms with E-state index in [1.54, 1.807) is 146 Å². The first-order valence-electron chi connectivity index (χ1n) is 24.5. The van der Waals surface area contributed by atoms with Gasteiger partial charge in [-0.05, 0) is 165 Å². The Balaban J connectivity index is 0.000000251. The Morgan fingerprint density at radius 1 is 0.474 bits per heavy atom. The van der Waals surface area contributed by atoms with Gasteiger partial charge in [-0.25, -0.2) is 9.59 Å². The molecule has 18 heteroatoms. The summed E-state index contributed by atoms with van der Waals surface area (Å²) in [7, 11) is 0. The van der Waals surface area contributed by atoms with Crippen LogP contribution in [0.15, 0.2) is 187 Å². The van der Waals surface area contributed by atoms with Gasteiger partial charge in [-0.15, -0.1) is 0 Å². The molecule has 1 aromatic heterocycles. The van der Waals surface area contributed by atoms with E-state index in [2.05, 4.69) is 47.0 Å². The molecule has 6 aromatic carbocycles. The number of ether oxygens (including phenoxy) is 2. The molecule has 5 amide bonds. The lowest BCUT2D eigenvalue weighted by Gasteiger charge is -2.06. The number of hydrogen-bond acceptors (Lipinski definition) is 13. The van der Waals surface area contributed by atoms with Gasteiger partial charge in [-0.2, -0.15) is 0 Å². The minimum atomic E-state index is -0.527. The van der Waals surface area contributed by atoms with Gasteiger partial charge in [0.1, 0.15) is 5.75 Å². The minimum Gasteiger partial charge on any atom is -0.459 e. The van der Waals surface area contributed by atoms with Gasteiger partial charge in [0.15, 0.2) is 5.76 Å². The molecule has 0 unspecified atom stereocenters. The van der Waals surface area contributed by atoms with Gasteiger partial charge in [-0.3, -0.25) is 25.0 Å². The van der Waals surface area contributed by atoms with E-state index >= 15 is 0 Å². The summed E-state index contributed by atoms with van der Waals surface area (Å²) in [4.78, 5) is 56.6. The van der Waals surface area contributed by atoms with Crippen LogP contribution < -0.4 is 60.0 Å². The number of amides is 5. The van der Waals surface area contributed by atoms with Gasteiger partial charge in [-0.1, -0.05) is 70.7 Å². The molecule has 18 nitrogen and oxygen atoms in total. The molecule has 0 saturated heterocycles. The summed E-state index contributed by atoms with van der Waals surface area (Å²) in [5.74, 6) is 0.366. The third kappa shape index (κ3) is 27.2. The zero-order valence-electron chi connectivity index (χ0n) is 43.0. The number of carbonyl (C=O) groups is 5. The van der Waals surface area contributed by atoms with Gasteiger partial charge in [0.25, 0.3) is 5.91 Å². The molecule has 400 valence electrons. The first kappa shape index (κ1) is 60.6. The van der Waals surface area contributed by atoms with Crippen molar-refractivity contribution < 1.29 is 37.9 Å². The summed E-state index contributed by atoms with van der Waals surface area (Å²) < 4.78 is 15.1. The average Bonchev–Trinajstić information content (AvgIpc) is 3.97. The quantitative estimate of drug-likeness (QED) is 0.0231. The third-order valence-electron chi connectivity index (χ3n) is 9.98. The highest BCUT2D eigenvalue weighted by Crippen LogP contribution is 2.16. The largest absolute Gasteiger partial charge is 0.459 e. The van der Waals surface area contributed by atoms with E-state index in [1.807, 2.05) is 18.2 Å².